The molecule has 9 rings (SSSR count). The number of carbonyl (C=O) groups is 6. The second-order valence-electron chi connectivity index (χ2n) is 14.8. The average Bonchev–Trinajstić information content (AvgIpc) is 3.94. The molecule has 4 unspecified atom stereocenters. The number of aryl methyl sites for hydroxylation is 1. The number of amides is 3. The summed E-state index contributed by atoms with van der Waals surface area (Å²) in [5.41, 5.74) is 2.64. The van der Waals surface area contributed by atoms with Crippen LogP contribution in [0.1, 0.15) is 53.4 Å². The molecule has 4 atom stereocenters. The molecule has 1 aliphatic heterocycles. The van der Waals surface area contributed by atoms with Crippen molar-refractivity contribution in [3.8, 4) is 17.2 Å². The Morgan fingerprint density at radius 3 is 1.78 bits per heavy atom. The SMILES string of the molecule is Cc1ccc2cc(OC(=O)c3ccc(OC(=O)c4cccc(C(=O)Nc5cccc(OC(=O)c6ccc(N7C(=O)C8C9C=CC(C9)C8C7=O)cc6)c5)c4)cc3)ccc2c1. The molecule has 1 saturated carbocycles. The predicted octanol–water partition coefficient (Wildman–Crippen LogP) is 8.37. The Labute approximate surface area is 337 Å². The summed E-state index contributed by atoms with van der Waals surface area (Å²) in [6.45, 7) is 2.01. The molecule has 0 spiro atoms. The highest BCUT2D eigenvalue weighted by molar-refractivity contribution is 6.23. The minimum absolute atomic E-state index is 0.0975. The maximum atomic E-state index is 13.2. The van der Waals surface area contributed by atoms with E-state index in [1.165, 1.54) is 65.6 Å². The number of benzene rings is 6. The van der Waals surface area contributed by atoms with Crippen molar-refractivity contribution in [1.29, 1.82) is 0 Å². The van der Waals surface area contributed by atoms with Crippen LogP contribution in [0, 0.1) is 30.6 Å². The second kappa shape index (κ2) is 15.0. The van der Waals surface area contributed by atoms with Crippen LogP contribution in [0.5, 0.6) is 17.2 Å². The van der Waals surface area contributed by atoms with Crippen LogP contribution in [0.4, 0.5) is 11.4 Å². The van der Waals surface area contributed by atoms with Crippen molar-refractivity contribution in [3.63, 3.8) is 0 Å². The molecule has 3 aliphatic rings. The van der Waals surface area contributed by atoms with Gasteiger partial charge in [-0.25, -0.2) is 14.4 Å². The molecule has 2 fully saturated rings. The molecule has 1 saturated heterocycles. The van der Waals surface area contributed by atoms with Crippen molar-refractivity contribution < 1.29 is 43.0 Å². The molecule has 1 N–H and O–H groups in total. The summed E-state index contributed by atoms with van der Waals surface area (Å²) >= 11 is 0. The molecule has 6 aromatic rings. The van der Waals surface area contributed by atoms with Gasteiger partial charge in [-0.05, 0) is 127 Å². The number of hydrogen-bond acceptors (Lipinski definition) is 9. The lowest BCUT2D eigenvalue weighted by Crippen LogP contribution is -2.32. The largest absolute Gasteiger partial charge is 0.423 e. The van der Waals surface area contributed by atoms with E-state index in [9.17, 15) is 28.8 Å². The first-order valence-corrected chi connectivity index (χ1v) is 19.0. The van der Waals surface area contributed by atoms with Crippen LogP contribution >= 0.6 is 0 Å². The Morgan fingerprint density at radius 2 is 1.08 bits per heavy atom. The third-order valence-corrected chi connectivity index (χ3v) is 11.0. The molecule has 11 heteroatoms. The number of anilines is 2. The third-order valence-electron chi connectivity index (χ3n) is 11.0. The van der Waals surface area contributed by atoms with Crippen molar-refractivity contribution >= 4 is 57.8 Å². The molecule has 2 bridgehead atoms. The smallest absolute Gasteiger partial charge is 0.343 e. The lowest BCUT2D eigenvalue weighted by molar-refractivity contribution is -0.123. The minimum atomic E-state index is -0.714. The number of hydrogen-bond donors (Lipinski definition) is 1. The molecule has 59 heavy (non-hydrogen) atoms. The van der Waals surface area contributed by atoms with Gasteiger partial charge in [-0.3, -0.25) is 19.3 Å². The third kappa shape index (κ3) is 7.25. The highest BCUT2D eigenvalue weighted by Crippen LogP contribution is 2.53. The number of imide groups is 1. The monoisotopic (exact) mass is 782 g/mol. The number of nitrogens with one attached hydrogen (secondary N) is 1. The summed E-state index contributed by atoms with van der Waals surface area (Å²) in [6.07, 6.45) is 4.92. The molecular weight excluding hydrogens is 749 g/mol. The number of esters is 3. The number of fused-ring (bicyclic) bond motifs is 6. The zero-order chi connectivity index (χ0) is 40.8. The molecule has 3 amide bonds. The van der Waals surface area contributed by atoms with Gasteiger partial charge in [0.25, 0.3) is 5.91 Å². The first-order chi connectivity index (χ1) is 28.6. The zero-order valence-electron chi connectivity index (χ0n) is 31.5. The second-order valence-corrected chi connectivity index (χ2v) is 14.8. The first-order valence-electron chi connectivity index (χ1n) is 19.0. The van der Waals surface area contributed by atoms with Crippen LogP contribution in [0.15, 0.2) is 146 Å². The van der Waals surface area contributed by atoms with Crippen LogP contribution in [0.3, 0.4) is 0 Å². The van der Waals surface area contributed by atoms with Crippen LogP contribution in [-0.2, 0) is 9.59 Å². The van der Waals surface area contributed by atoms with E-state index in [1.807, 2.05) is 43.3 Å². The summed E-state index contributed by atoms with van der Waals surface area (Å²) in [5, 5.41) is 4.73. The van der Waals surface area contributed by atoms with Gasteiger partial charge in [0.2, 0.25) is 11.8 Å². The zero-order valence-corrected chi connectivity index (χ0v) is 31.5. The van der Waals surface area contributed by atoms with Gasteiger partial charge >= 0.3 is 17.9 Å². The maximum Gasteiger partial charge on any atom is 0.343 e. The van der Waals surface area contributed by atoms with Gasteiger partial charge in [0.15, 0.2) is 0 Å². The molecule has 11 nitrogen and oxygen atoms in total. The van der Waals surface area contributed by atoms with Crippen LogP contribution in [0.2, 0.25) is 0 Å². The summed E-state index contributed by atoms with van der Waals surface area (Å²) in [4.78, 5) is 79.7. The number of nitrogens with zero attached hydrogens (tertiary/aromatic N) is 1. The quantitative estimate of drug-likeness (QED) is 0.0662. The Morgan fingerprint density at radius 1 is 0.542 bits per heavy atom. The van der Waals surface area contributed by atoms with E-state index in [2.05, 4.69) is 5.32 Å². The van der Waals surface area contributed by atoms with Crippen molar-refractivity contribution in [2.75, 3.05) is 10.2 Å². The fourth-order valence-electron chi connectivity index (χ4n) is 8.10. The maximum absolute atomic E-state index is 13.2. The van der Waals surface area contributed by atoms with E-state index in [4.69, 9.17) is 14.2 Å². The molecule has 1 heterocycles. The summed E-state index contributed by atoms with van der Waals surface area (Å²) in [5.74, 6) is -2.56. The number of carbonyl (C=O) groups excluding carboxylic acids is 6. The average molecular weight is 783 g/mol. The van der Waals surface area contributed by atoms with Gasteiger partial charge in [0.05, 0.1) is 34.2 Å². The summed E-state index contributed by atoms with van der Waals surface area (Å²) < 4.78 is 16.6. The summed E-state index contributed by atoms with van der Waals surface area (Å²) in [6, 6.07) is 35.7. The Balaban J connectivity index is 0.789. The van der Waals surface area contributed by atoms with E-state index >= 15 is 0 Å². The number of allylic oxidation sites excluding steroid dienone is 2. The Bertz CT molecular complexity index is 2730. The van der Waals surface area contributed by atoms with Crippen molar-refractivity contribution in [3.05, 3.63) is 173 Å². The molecule has 0 radical (unpaired) electrons. The van der Waals surface area contributed by atoms with Crippen LogP contribution in [0.25, 0.3) is 10.8 Å². The topological polar surface area (TPSA) is 145 Å². The van der Waals surface area contributed by atoms with Crippen LogP contribution in [-0.4, -0.2) is 35.6 Å². The van der Waals surface area contributed by atoms with Crippen molar-refractivity contribution in [1.82, 2.24) is 0 Å². The highest BCUT2D eigenvalue weighted by atomic mass is 16.5. The minimum Gasteiger partial charge on any atom is -0.423 e. The highest BCUT2D eigenvalue weighted by Gasteiger charge is 2.59. The van der Waals surface area contributed by atoms with E-state index in [-0.39, 0.29) is 69.2 Å². The standard InChI is InChI=1S/C48H34N2O9/c1-27-8-9-31-25-40(21-16-30(31)22-27)59-47(55)29-14-19-38(20-15-29)57-48(56)35-5-2-4-34(24-35)43(51)49-36-6-3-7-39(26-36)58-46(54)28-12-17-37(18-13-28)50-44(52)41-32-10-11-33(23-32)42(41)45(50)53/h2-22,24-26,32-33,41-42H,23H2,1H3,(H,49,51). The van der Waals surface area contributed by atoms with Gasteiger partial charge in [-0.1, -0.05) is 54.1 Å². The fourth-order valence-corrected chi connectivity index (χ4v) is 8.10. The van der Waals surface area contributed by atoms with E-state index < -0.39 is 23.8 Å². The molecule has 6 aromatic carbocycles. The van der Waals surface area contributed by atoms with Crippen molar-refractivity contribution in [2.24, 2.45) is 23.7 Å². The summed E-state index contributed by atoms with van der Waals surface area (Å²) in [7, 11) is 0. The lowest BCUT2D eigenvalue weighted by atomic mass is 9.85. The van der Waals surface area contributed by atoms with Gasteiger partial charge < -0.3 is 19.5 Å². The number of rotatable bonds is 9. The van der Waals surface area contributed by atoms with Gasteiger partial charge in [0.1, 0.15) is 17.2 Å². The number of ether oxygens (including phenoxy) is 3. The van der Waals surface area contributed by atoms with Gasteiger partial charge in [-0.15, -0.1) is 0 Å². The lowest BCUT2D eigenvalue weighted by Gasteiger charge is -2.17. The molecule has 2 aliphatic carbocycles. The molecular formula is C48H34N2O9. The fraction of sp³-hybridized carbons (Fsp3) is 0.125. The first kappa shape index (κ1) is 36.9. The normalized spacial score (nSPS) is 18.8. The van der Waals surface area contributed by atoms with Crippen LogP contribution < -0.4 is 24.4 Å². The van der Waals surface area contributed by atoms with Gasteiger partial charge in [-0.2, -0.15) is 0 Å². The van der Waals surface area contributed by atoms with Gasteiger partial charge in [0, 0.05) is 17.3 Å². The van der Waals surface area contributed by atoms with E-state index in [0.29, 0.717) is 17.1 Å². The molecule has 0 aromatic heterocycles. The van der Waals surface area contributed by atoms with Crippen molar-refractivity contribution in [2.45, 2.75) is 13.3 Å². The predicted molar refractivity (Wildman–Crippen MR) is 217 cm³/mol. The van der Waals surface area contributed by atoms with E-state index in [1.54, 1.807) is 48.5 Å². The molecule has 290 valence electrons. The Hall–Kier alpha value is -7.66. The van der Waals surface area contributed by atoms with E-state index in [0.717, 1.165) is 22.8 Å². The Kier molecular flexibility index (Phi) is 9.40.